The van der Waals surface area contributed by atoms with Crippen molar-refractivity contribution in [3.8, 4) is 5.75 Å². The molecule has 2 aliphatic heterocycles. The van der Waals surface area contributed by atoms with Gasteiger partial charge in [-0.25, -0.2) is 5.01 Å². The van der Waals surface area contributed by atoms with E-state index in [1.54, 1.807) is 12.1 Å². The van der Waals surface area contributed by atoms with Crippen molar-refractivity contribution in [2.45, 2.75) is 25.4 Å². The standard InChI is InChI=1S/C27H26ClN3O2/c1-33-26-13-7-5-11-22(26)24-16-25(21-10-4-6-12-23(21)28)31(29-24)27(32)18-30-15-14-19-8-2-3-9-20(19)17-30/h2-13,25H,14-18H2,1H3/t25-/m0/s1. The number of hydrazone groups is 1. The summed E-state index contributed by atoms with van der Waals surface area (Å²) < 4.78 is 5.55. The molecule has 5 nitrogen and oxygen atoms in total. The fourth-order valence-electron chi connectivity index (χ4n) is 4.73. The maximum atomic E-state index is 13.6. The number of para-hydroxylation sites is 1. The minimum absolute atomic E-state index is 0.0239. The quantitative estimate of drug-likeness (QED) is 0.534. The topological polar surface area (TPSA) is 45.1 Å². The molecule has 1 amide bonds. The molecule has 0 spiro atoms. The van der Waals surface area contributed by atoms with Gasteiger partial charge in [-0.1, -0.05) is 66.2 Å². The van der Waals surface area contributed by atoms with Crippen LogP contribution >= 0.6 is 11.6 Å². The summed E-state index contributed by atoms with van der Waals surface area (Å²) in [5.41, 5.74) is 5.30. The van der Waals surface area contributed by atoms with Gasteiger partial charge in [0.1, 0.15) is 5.75 Å². The van der Waals surface area contributed by atoms with Crippen LogP contribution in [0.2, 0.25) is 5.02 Å². The summed E-state index contributed by atoms with van der Waals surface area (Å²) in [6.45, 7) is 1.95. The van der Waals surface area contributed by atoms with Crippen molar-refractivity contribution in [3.05, 3.63) is 100 Å². The molecular weight excluding hydrogens is 434 g/mol. The van der Waals surface area contributed by atoms with Gasteiger partial charge < -0.3 is 4.74 Å². The number of hydrogen-bond donors (Lipinski definition) is 0. The van der Waals surface area contributed by atoms with Crippen LogP contribution in [0.4, 0.5) is 0 Å². The Hall–Kier alpha value is -3.15. The lowest BCUT2D eigenvalue weighted by Gasteiger charge is -2.30. The molecule has 0 fully saturated rings. The van der Waals surface area contributed by atoms with Gasteiger partial charge in [0.05, 0.1) is 25.4 Å². The Balaban J connectivity index is 1.43. The van der Waals surface area contributed by atoms with E-state index in [4.69, 9.17) is 21.4 Å². The molecule has 2 aliphatic rings. The van der Waals surface area contributed by atoms with Crippen LogP contribution in [0.25, 0.3) is 0 Å². The van der Waals surface area contributed by atoms with Gasteiger partial charge in [-0.15, -0.1) is 0 Å². The van der Waals surface area contributed by atoms with Crippen molar-refractivity contribution in [3.63, 3.8) is 0 Å². The largest absolute Gasteiger partial charge is 0.496 e. The zero-order chi connectivity index (χ0) is 22.8. The molecule has 1 atom stereocenters. The zero-order valence-electron chi connectivity index (χ0n) is 18.6. The van der Waals surface area contributed by atoms with Crippen molar-refractivity contribution >= 4 is 23.2 Å². The van der Waals surface area contributed by atoms with E-state index in [0.29, 0.717) is 18.0 Å². The lowest BCUT2D eigenvalue weighted by molar-refractivity contribution is -0.134. The second-order valence-corrected chi connectivity index (χ2v) is 8.86. The molecule has 0 bridgehead atoms. The molecule has 2 heterocycles. The maximum absolute atomic E-state index is 13.6. The lowest BCUT2D eigenvalue weighted by atomic mass is 9.97. The Bertz CT molecular complexity index is 1210. The number of carbonyl (C=O) groups is 1. The summed E-state index contributed by atoms with van der Waals surface area (Å²) in [6, 6.07) is 23.7. The molecule has 3 aromatic carbocycles. The van der Waals surface area contributed by atoms with Gasteiger partial charge >= 0.3 is 0 Å². The first-order chi connectivity index (χ1) is 16.1. The number of methoxy groups -OCH3 is 1. The number of benzene rings is 3. The van der Waals surface area contributed by atoms with Crippen LogP contribution in [0.5, 0.6) is 5.75 Å². The summed E-state index contributed by atoms with van der Waals surface area (Å²) in [7, 11) is 1.65. The molecule has 5 rings (SSSR count). The van der Waals surface area contributed by atoms with Gasteiger partial charge in [0.15, 0.2) is 0 Å². The van der Waals surface area contributed by atoms with E-state index in [2.05, 4.69) is 29.2 Å². The third-order valence-corrected chi connectivity index (χ3v) is 6.76. The number of amides is 1. The highest BCUT2D eigenvalue weighted by Gasteiger charge is 2.35. The van der Waals surface area contributed by atoms with Crippen LogP contribution in [0, 0.1) is 0 Å². The van der Waals surface area contributed by atoms with Gasteiger partial charge in [0.2, 0.25) is 0 Å². The van der Waals surface area contributed by atoms with Gasteiger partial charge in [0, 0.05) is 30.1 Å². The van der Waals surface area contributed by atoms with Crippen molar-refractivity contribution < 1.29 is 9.53 Å². The highest BCUT2D eigenvalue weighted by molar-refractivity contribution is 6.31. The van der Waals surface area contributed by atoms with Crippen LogP contribution in [-0.4, -0.2) is 41.7 Å². The Kier molecular flexibility index (Phi) is 6.16. The maximum Gasteiger partial charge on any atom is 0.257 e. The average Bonchev–Trinajstić information content (AvgIpc) is 3.29. The third kappa shape index (κ3) is 4.39. The van der Waals surface area contributed by atoms with Gasteiger partial charge in [-0.05, 0) is 41.3 Å². The number of carbonyl (C=O) groups excluding carboxylic acids is 1. The second-order valence-electron chi connectivity index (χ2n) is 8.46. The van der Waals surface area contributed by atoms with Crippen LogP contribution in [-0.2, 0) is 17.8 Å². The SMILES string of the molecule is COc1ccccc1C1=NN(C(=O)CN2CCc3ccccc3C2)[C@H](c2ccccc2Cl)C1. The molecule has 0 N–H and O–H groups in total. The molecule has 6 heteroatoms. The Morgan fingerprint density at radius 2 is 1.76 bits per heavy atom. The molecule has 0 radical (unpaired) electrons. The Morgan fingerprint density at radius 1 is 1.03 bits per heavy atom. The first kappa shape index (κ1) is 21.7. The van der Waals surface area contributed by atoms with Gasteiger partial charge in [-0.2, -0.15) is 5.10 Å². The minimum Gasteiger partial charge on any atom is -0.496 e. The summed E-state index contributed by atoms with van der Waals surface area (Å²) in [4.78, 5) is 15.8. The van der Waals surface area contributed by atoms with E-state index < -0.39 is 0 Å². The molecular formula is C27H26ClN3O2. The second kappa shape index (κ2) is 9.38. The number of rotatable bonds is 5. The van der Waals surface area contributed by atoms with E-state index >= 15 is 0 Å². The average molecular weight is 460 g/mol. The van der Waals surface area contributed by atoms with Crippen LogP contribution in [0.15, 0.2) is 77.9 Å². The fourth-order valence-corrected chi connectivity index (χ4v) is 4.99. The summed E-state index contributed by atoms with van der Waals surface area (Å²) >= 11 is 6.55. The van der Waals surface area contributed by atoms with Crippen LogP contribution in [0.1, 0.15) is 34.7 Å². The highest BCUT2D eigenvalue weighted by Crippen LogP contribution is 2.38. The van der Waals surface area contributed by atoms with Crippen molar-refractivity contribution in [2.24, 2.45) is 5.10 Å². The Morgan fingerprint density at radius 3 is 2.58 bits per heavy atom. The van der Waals surface area contributed by atoms with E-state index in [0.717, 1.165) is 42.1 Å². The van der Waals surface area contributed by atoms with Crippen LogP contribution < -0.4 is 4.74 Å². The zero-order valence-corrected chi connectivity index (χ0v) is 19.3. The van der Waals surface area contributed by atoms with E-state index in [1.165, 1.54) is 11.1 Å². The first-order valence-corrected chi connectivity index (χ1v) is 11.6. The summed E-state index contributed by atoms with van der Waals surface area (Å²) in [5.74, 6) is 0.722. The van der Waals surface area contributed by atoms with E-state index in [1.807, 2.05) is 48.5 Å². The van der Waals surface area contributed by atoms with Crippen LogP contribution in [0.3, 0.4) is 0 Å². The van der Waals surface area contributed by atoms with Gasteiger partial charge in [0.25, 0.3) is 5.91 Å². The lowest BCUT2D eigenvalue weighted by Crippen LogP contribution is -2.40. The molecule has 0 saturated carbocycles. The van der Waals surface area contributed by atoms with E-state index in [-0.39, 0.29) is 11.9 Å². The highest BCUT2D eigenvalue weighted by atomic mass is 35.5. The molecule has 168 valence electrons. The summed E-state index contributed by atoms with van der Waals surface area (Å²) in [5, 5.41) is 7.08. The predicted molar refractivity (Wildman–Crippen MR) is 131 cm³/mol. The third-order valence-electron chi connectivity index (χ3n) is 6.42. The predicted octanol–water partition coefficient (Wildman–Crippen LogP) is 5.08. The molecule has 0 aromatic heterocycles. The van der Waals surface area contributed by atoms with Crippen molar-refractivity contribution in [1.82, 2.24) is 9.91 Å². The molecule has 0 aliphatic carbocycles. The first-order valence-electron chi connectivity index (χ1n) is 11.2. The number of nitrogens with zero attached hydrogens (tertiary/aromatic N) is 3. The number of hydrogen-bond acceptors (Lipinski definition) is 4. The van der Waals surface area contributed by atoms with Gasteiger partial charge in [-0.3, -0.25) is 9.69 Å². The molecule has 33 heavy (non-hydrogen) atoms. The monoisotopic (exact) mass is 459 g/mol. The smallest absolute Gasteiger partial charge is 0.257 e. The van der Waals surface area contributed by atoms with Crippen molar-refractivity contribution in [1.29, 1.82) is 0 Å². The fraction of sp³-hybridized carbons (Fsp3) is 0.259. The Labute approximate surface area is 199 Å². The minimum atomic E-state index is -0.247. The number of ether oxygens (including phenoxy) is 1. The molecule has 3 aromatic rings. The molecule has 0 saturated heterocycles. The van der Waals surface area contributed by atoms with E-state index in [9.17, 15) is 4.79 Å². The normalized spacial score (nSPS) is 18.1. The summed E-state index contributed by atoms with van der Waals surface area (Å²) in [6.07, 6.45) is 1.53. The number of fused-ring (bicyclic) bond motifs is 1. The molecule has 0 unspecified atom stereocenters. The number of halogens is 1. The van der Waals surface area contributed by atoms with Crippen molar-refractivity contribution in [2.75, 3.05) is 20.2 Å².